The number of amides is 1. The van der Waals surface area contributed by atoms with Crippen molar-refractivity contribution in [1.82, 2.24) is 5.32 Å². The molecule has 9 heteroatoms. The van der Waals surface area contributed by atoms with E-state index in [-0.39, 0.29) is 6.54 Å². The van der Waals surface area contributed by atoms with Crippen molar-refractivity contribution in [3.05, 3.63) is 23.8 Å². The molecule has 108 valence electrons. The van der Waals surface area contributed by atoms with Gasteiger partial charge in [-0.15, -0.1) is 6.42 Å². The smallest absolute Gasteiger partial charge is 0.258 e. The highest BCUT2D eigenvalue weighted by Crippen LogP contribution is 2.24. The van der Waals surface area contributed by atoms with Crippen LogP contribution in [0.4, 0.5) is 8.78 Å². The fourth-order valence-corrected chi connectivity index (χ4v) is 1.71. The van der Waals surface area contributed by atoms with Gasteiger partial charge in [-0.25, -0.2) is 22.3 Å². The lowest BCUT2D eigenvalue weighted by Crippen LogP contribution is -2.29. The van der Waals surface area contributed by atoms with E-state index in [2.05, 4.69) is 16.0 Å². The topological polar surface area (TPSA) is 98.5 Å². The predicted octanol–water partition coefficient (Wildman–Crippen LogP) is -0.260. The van der Waals surface area contributed by atoms with E-state index in [1.54, 1.807) is 0 Å². The maximum atomic E-state index is 13.5. The zero-order valence-electron chi connectivity index (χ0n) is 10.0. The molecule has 20 heavy (non-hydrogen) atoms. The molecule has 0 bridgehead atoms. The number of carbonyl (C=O) groups is 1. The number of hydrogen-bond donors (Lipinski definition) is 2. The number of halogens is 2. The Hall–Kier alpha value is -2.18. The van der Waals surface area contributed by atoms with Gasteiger partial charge in [-0.1, -0.05) is 5.92 Å². The van der Waals surface area contributed by atoms with Crippen molar-refractivity contribution >= 4 is 15.9 Å². The highest BCUT2D eigenvalue weighted by atomic mass is 32.2. The Bertz CT molecular complexity index is 644. The molecule has 1 aromatic rings. The monoisotopic (exact) mass is 304 g/mol. The molecule has 0 atom stereocenters. The summed E-state index contributed by atoms with van der Waals surface area (Å²) in [5.41, 5.74) is 0. The second-order valence-electron chi connectivity index (χ2n) is 3.53. The van der Waals surface area contributed by atoms with Crippen molar-refractivity contribution < 1.29 is 26.7 Å². The molecule has 0 aliphatic rings. The minimum atomic E-state index is -4.24. The van der Waals surface area contributed by atoms with Crippen molar-refractivity contribution in [3.63, 3.8) is 0 Å². The molecule has 1 aromatic carbocycles. The zero-order valence-corrected chi connectivity index (χ0v) is 10.8. The molecule has 0 heterocycles. The number of sulfonamides is 1. The van der Waals surface area contributed by atoms with Crippen LogP contribution < -0.4 is 15.2 Å². The molecule has 0 unspecified atom stereocenters. The van der Waals surface area contributed by atoms with Crippen molar-refractivity contribution in [1.29, 1.82) is 0 Å². The first-order valence-electron chi connectivity index (χ1n) is 5.10. The van der Waals surface area contributed by atoms with Crippen LogP contribution in [0.3, 0.4) is 0 Å². The Morgan fingerprint density at radius 2 is 1.95 bits per heavy atom. The van der Waals surface area contributed by atoms with E-state index >= 15 is 0 Å². The molecular formula is C11H10F2N2O4S. The van der Waals surface area contributed by atoms with Crippen LogP contribution in [0.1, 0.15) is 0 Å². The molecular weight excluding hydrogens is 294 g/mol. The molecule has 0 saturated carbocycles. The van der Waals surface area contributed by atoms with Gasteiger partial charge >= 0.3 is 0 Å². The van der Waals surface area contributed by atoms with Gasteiger partial charge in [0.1, 0.15) is 0 Å². The van der Waals surface area contributed by atoms with Crippen molar-refractivity contribution in [2.75, 3.05) is 13.2 Å². The maximum Gasteiger partial charge on any atom is 0.258 e. The van der Waals surface area contributed by atoms with Crippen LogP contribution in [-0.2, 0) is 14.8 Å². The van der Waals surface area contributed by atoms with Crippen LogP contribution >= 0.6 is 0 Å². The molecule has 6 nitrogen and oxygen atoms in total. The third kappa shape index (κ3) is 4.18. The lowest BCUT2D eigenvalue weighted by atomic mass is 10.3. The number of benzene rings is 1. The summed E-state index contributed by atoms with van der Waals surface area (Å²) < 4.78 is 53.5. The minimum Gasteiger partial charge on any atom is -0.478 e. The first-order valence-corrected chi connectivity index (χ1v) is 6.65. The van der Waals surface area contributed by atoms with E-state index < -0.39 is 44.8 Å². The minimum absolute atomic E-state index is 0.0580. The SMILES string of the molecule is C#CCNC(=O)COc1c(F)cc(S(N)(=O)=O)cc1F. The molecule has 1 amide bonds. The van der Waals surface area contributed by atoms with Gasteiger partial charge in [-0.3, -0.25) is 4.79 Å². The second-order valence-corrected chi connectivity index (χ2v) is 5.09. The average Bonchev–Trinajstić information content (AvgIpc) is 2.34. The van der Waals surface area contributed by atoms with E-state index in [1.165, 1.54) is 0 Å². The third-order valence-corrected chi connectivity index (χ3v) is 2.93. The summed E-state index contributed by atoms with van der Waals surface area (Å²) in [6.45, 7) is -0.734. The first-order chi connectivity index (χ1) is 9.25. The Morgan fingerprint density at radius 3 is 2.40 bits per heavy atom. The van der Waals surface area contributed by atoms with Crippen LogP contribution in [0, 0.1) is 24.0 Å². The highest BCUT2D eigenvalue weighted by molar-refractivity contribution is 7.89. The Labute approximate surface area is 114 Å². The summed E-state index contributed by atoms with van der Waals surface area (Å²) in [7, 11) is -4.24. The van der Waals surface area contributed by atoms with Crippen LogP contribution in [0.25, 0.3) is 0 Å². The van der Waals surface area contributed by atoms with Crippen LogP contribution in [0.5, 0.6) is 5.75 Å². The summed E-state index contributed by atoms with van der Waals surface area (Å²) in [5, 5.41) is 6.95. The van der Waals surface area contributed by atoms with Gasteiger partial charge in [0, 0.05) is 0 Å². The largest absolute Gasteiger partial charge is 0.478 e. The maximum absolute atomic E-state index is 13.5. The van der Waals surface area contributed by atoms with Gasteiger partial charge in [0.15, 0.2) is 24.0 Å². The summed E-state index contributed by atoms with van der Waals surface area (Å²) in [6.07, 6.45) is 4.90. The second kappa shape index (κ2) is 6.31. The average molecular weight is 304 g/mol. The summed E-state index contributed by atoms with van der Waals surface area (Å²) in [5.74, 6) is -2.02. The number of hydrogen-bond acceptors (Lipinski definition) is 4. The lowest BCUT2D eigenvalue weighted by Gasteiger charge is -2.09. The fourth-order valence-electron chi connectivity index (χ4n) is 1.18. The lowest BCUT2D eigenvalue weighted by molar-refractivity contribution is -0.122. The highest BCUT2D eigenvalue weighted by Gasteiger charge is 2.18. The van der Waals surface area contributed by atoms with E-state index in [4.69, 9.17) is 11.6 Å². The number of carbonyl (C=O) groups excluding carboxylic acids is 1. The van der Waals surface area contributed by atoms with Crippen LogP contribution in [0.15, 0.2) is 17.0 Å². The molecule has 0 radical (unpaired) electrons. The van der Waals surface area contributed by atoms with Gasteiger partial charge in [0.25, 0.3) is 5.91 Å². The van der Waals surface area contributed by atoms with Crippen LogP contribution in [-0.4, -0.2) is 27.5 Å². The summed E-state index contributed by atoms with van der Waals surface area (Å²) in [6, 6.07) is 0.986. The molecule has 0 fully saturated rings. The number of rotatable bonds is 5. The van der Waals surface area contributed by atoms with E-state index in [9.17, 15) is 22.0 Å². The molecule has 3 N–H and O–H groups in total. The van der Waals surface area contributed by atoms with Gasteiger partial charge in [0.2, 0.25) is 10.0 Å². The number of nitrogens with one attached hydrogen (secondary N) is 1. The van der Waals surface area contributed by atoms with Gasteiger partial charge in [-0.05, 0) is 12.1 Å². The zero-order chi connectivity index (χ0) is 15.3. The molecule has 0 aliphatic carbocycles. The Balaban J connectivity index is 2.88. The van der Waals surface area contributed by atoms with Crippen molar-refractivity contribution in [3.8, 4) is 18.1 Å². The normalized spacial score (nSPS) is 10.7. The third-order valence-electron chi connectivity index (χ3n) is 2.04. The molecule has 0 saturated heterocycles. The summed E-state index contributed by atoms with van der Waals surface area (Å²) in [4.78, 5) is 10.4. The van der Waals surface area contributed by atoms with E-state index in [0.717, 1.165) is 0 Å². The van der Waals surface area contributed by atoms with Crippen molar-refractivity contribution in [2.45, 2.75) is 4.90 Å². The standard InChI is InChI=1S/C11H10F2N2O4S/c1-2-3-15-10(16)6-19-11-8(12)4-7(5-9(11)13)20(14,17)18/h1,4-5H,3,6H2,(H,15,16)(H2,14,17,18). The summed E-state index contributed by atoms with van der Waals surface area (Å²) >= 11 is 0. The van der Waals surface area contributed by atoms with Crippen molar-refractivity contribution in [2.24, 2.45) is 5.14 Å². The number of nitrogens with two attached hydrogens (primary N) is 1. The van der Waals surface area contributed by atoms with Gasteiger partial charge < -0.3 is 10.1 Å². The van der Waals surface area contributed by atoms with Gasteiger partial charge in [0.05, 0.1) is 11.4 Å². The molecule has 1 rings (SSSR count). The van der Waals surface area contributed by atoms with Crippen LogP contribution in [0.2, 0.25) is 0 Å². The van der Waals surface area contributed by atoms with E-state index in [0.29, 0.717) is 12.1 Å². The Morgan fingerprint density at radius 1 is 1.40 bits per heavy atom. The number of ether oxygens (including phenoxy) is 1. The number of terminal acetylenes is 1. The first kappa shape index (κ1) is 15.9. The van der Waals surface area contributed by atoms with E-state index in [1.807, 2.05) is 0 Å². The number of primary sulfonamides is 1. The molecule has 0 aromatic heterocycles. The quantitative estimate of drug-likeness (QED) is 0.732. The van der Waals surface area contributed by atoms with Gasteiger partial charge in [-0.2, -0.15) is 0 Å². The molecule has 0 aliphatic heterocycles. The molecule has 0 spiro atoms. The predicted molar refractivity (Wildman–Crippen MR) is 65.1 cm³/mol. The fraction of sp³-hybridized carbons (Fsp3) is 0.182. The Kier molecular flexibility index (Phi) is 5.01.